The monoisotopic (exact) mass is 205 g/mol. The molecular formula is C9H13Cl2N. The van der Waals surface area contributed by atoms with Crippen LogP contribution in [0.25, 0.3) is 0 Å². The van der Waals surface area contributed by atoms with Crippen molar-refractivity contribution in [2.24, 2.45) is 5.73 Å². The van der Waals surface area contributed by atoms with E-state index in [2.05, 4.69) is 24.3 Å². The van der Waals surface area contributed by atoms with Gasteiger partial charge in [-0.3, -0.25) is 0 Å². The summed E-state index contributed by atoms with van der Waals surface area (Å²) in [5, 5.41) is 0. The van der Waals surface area contributed by atoms with Gasteiger partial charge in [0.25, 0.3) is 0 Å². The molecule has 1 aromatic rings. The van der Waals surface area contributed by atoms with Crippen LogP contribution >= 0.6 is 24.8 Å². The standard InChI is InChI=1S/C9H11N.2ClH/c10-9-6-8(9)7-4-2-1-3-5-7;;/h1-5,8-9H,6,10H2;2*1H/t8-,9+;;/m1../s1. The SMILES string of the molecule is Cl.Cl.N[C@H]1C[C@@H]1c1ccccc1. The van der Waals surface area contributed by atoms with Crippen LogP contribution in [0.1, 0.15) is 17.9 Å². The highest BCUT2D eigenvalue weighted by atomic mass is 35.5. The van der Waals surface area contributed by atoms with E-state index in [4.69, 9.17) is 5.73 Å². The van der Waals surface area contributed by atoms with E-state index in [-0.39, 0.29) is 24.8 Å². The molecule has 0 radical (unpaired) electrons. The second-order valence-electron chi connectivity index (χ2n) is 2.92. The van der Waals surface area contributed by atoms with E-state index in [0.717, 1.165) is 0 Å². The fourth-order valence-electron chi connectivity index (χ4n) is 1.30. The van der Waals surface area contributed by atoms with Crippen LogP contribution in [0.15, 0.2) is 30.3 Å². The van der Waals surface area contributed by atoms with Gasteiger partial charge >= 0.3 is 0 Å². The van der Waals surface area contributed by atoms with Crippen molar-refractivity contribution in [3.63, 3.8) is 0 Å². The van der Waals surface area contributed by atoms with Gasteiger partial charge < -0.3 is 5.73 Å². The van der Waals surface area contributed by atoms with Crippen LogP contribution in [-0.2, 0) is 0 Å². The molecule has 1 fully saturated rings. The smallest absolute Gasteiger partial charge is 0.0115 e. The predicted molar refractivity (Wildman–Crippen MR) is 56.3 cm³/mol. The lowest BCUT2D eigenvalue weighted by molar-refractivity contribution is 0.991. The van der Waals surface area contributed by atoms with Crippen LogP contribution in [0.4, 0.5) is 0 Å². The van der Waals surface area contributed by atoms with Crippen molar-refractivity contribution in [1.82, 2.24) is 0 Å². The zero-order valence-electron chi connectivity index (χ0n) is 6.64. The molecule has 0 saturated heterocycles. The molecule has 0 spiro atoms. The summed E-state index contributed by atoms with van der Waals surface area (Å²) in [6, 6.07) is 10.9. The summed E-state index contributed by atoms with van der Waals surface area (Å²) >= 11 is 0. The first-order valence-corrected chi connectivity index (χ1v) is 3.68. The van der Waals surface area contributed by atoms with Gasteiger partial charge in [0, 0.05) is 12.0 Å². The van der Waals surface area contributed by atoms with Crippen molar-refractivity contribution in [3.05, 3.63) is 35.9 Å². The Hall–Kier alpha value is -0.240. The fourth-order valence-corrected chi connectivity index (χ4v) is 1.30. The van der Waals surface area contributed by atoms with Gasteiger partial charge in [0.1, 0.15) is 0 Å². The van der Waals surface area contributed by atoms with Crippen LogP contribution in [0.5, 0.6) is 0 Å². The molecule has 2 rings (SSSR count). The molecular weight excluding hydrogens is 193 g/mol. The van der Waals surface area contributed by atoms with E-state index in [9.17, 15) is 0 Å². The minimum Gasteiger partial charge on any atom is -0.327 e. The number of hydrogen-bond donors (Lipinski definition) is 1. The molecule has 0 amide bonds. The van der Waals surface area contributed by atoms with Crippen LogP contribution in [-0.4, -0.2) is 6.04 Å². The normalized spacial score (nSPS) is 25.1. The van der Waals surface area contributed by atoms with Crippen molar-refractivity contribution in [2.45, 2.75) is 18.4 Å². The first kappa shape index (κ1) is 11.8. The summed E-state index contributed by atoms with van der Waals surface area (Å²) in [6.07, 6.45) is 1.17. The zero-order valence-corrected chi connectivity index (χ0v) is 8.28. The Kier molecular flexibility index (Phi) is 4.61. The zero-order chi connectivity index (χ0) is 6.97. The van der Waals surface area contributed by atoms with Crippen molar-refractivity contribution in [3.8, 4) is 0 Å². The van der Waals surface area contributed by atoms with E-state index in [1.807, 2.05) is 6.07 Å². The quantitative estimate of drug-likeness (QED) is 0.749. The van der Waals surface area contributed by atoms with Crippen LogP contribution in [0.3, 0.4) is 0 Å². The maximum atomic E-state index is 5.70. The molecule has 3 heteroatoms. The second kappa shape index (κ2) is 4.70. The summed E-state index contributed by atoms with van der Waals surface area (Å²) < 4.78 is 0. The molecule has 2 N–H and O–H groups in total. The third kappa shape index (κ3) is 2.37. The molecule has 0 heterocycles. The first-order chi connectivity index (χ1) is 4.88. The number of benzene rings is 1. The Morgan fingerprint density at radius 3 is 2.00 bits per heavy atom. The third-order valence-electron chi connectivity index (χ3n) is 2.07. The van der Waals surface area contributed by atoms with Gasteiger partial charge in [-0.25, -0.2) is 0 Å². The van der Waals surface area contributed by atoms with E-state index >= 15 is 0 Å². The lowest BCUT2D eigenvalue weighted by Crippen LogP contribution is -2.00. The molecule has 0 bridgehead atoms. The lowest BCUT2D eigenvalue weighted by atomic mass is 10.1. The Balaban J connectivity index is 0.000000605. The van der Waals surface area contributed by atoms with Crippen molar-refractivity contribution < 1.29 is 0 Å². The van der Waals surface area contributed by atoms with Crippen LogP contribution < -0.4 is 5.73 Å². The molecule has 1 saturated carbocycles. The van der Waals surface area contributed by atoms with Gasteiger partial charge in [-0.15, -0.1) is 24.8 Å². The van der Waals surface area contributed by atoms with E-state index in [1.54, 1.807) is 0 Å². The molecule has 0 unspecified atom stereocenters. The Labute approximate surface area is 85.2 Å². The molecule has 0 aliphatic heterocycles. The minimum atomic E-state index is 0. The van der Waals surface area contributed by atoms with Crippen LogP contribution in [0, 0.1) is 0 Å². The highest BCUT2D eigenvalue weighted by molar-refractivity contribution is 5.85. The van der Waals surface area contributed by atoms with Gasteiger partial charge in [-0.2, -0.15) is 0 Å². The topological polar surface area (TPSA) is 26.0 Å². The Morgan fingerprint density at radius 2 is 1.58 bits per heavy atom. The maximum absolute atomic E-state index is 5.70. The Bertz CT molecular complexity index is 225. The van der Waals surface area contributed by atoms with Gasteiger partial charge in [-0.05, 0) is 12.0 Å². The maximum Gasteiger partial charge on any atom is 0.0115 e. The molecule has 1 aliphatic rings. The van der Waals surface area contributed by atoms with Crippen LogP contribution in [0.2, 0.25) is 0 Å². The molecule has 1 nitrogen and oxygen atoms in total. The van der Waals surface area contributed by atoms with Crippen molar-refractivity contribution in [2.75, 3.05) is 0 Å². The summed E-state index contributed by atoms with van der Waals surface area (Å²) in [6.45, 7) is 0. The number of hydrogen-bond acceptors (Lipinski definition) is 1. The van der Waals surface area contributed by atoms with Crippen molar-refractivity contribution in [1.29, 1.82) is 0 Å². The third-order valence-corrected chi connectivity index (χ3v) is 2.07. The van der Waals surface area contributed by atoms with Gasteiger partial charge in [0.15, 0.2) is 0 Å². The number of halogens is 2. The fraction of sp³-hybridized carbons (Fsp3) is 0.333. The Morgan fingerprint density at radius 1 is 1.08 bits per heavy atom. The van der Waals surface area contributed by atoms with E-state index in [1.165, 1.54) is 12.0 Å². The van der Waals surface area contributed by atoms with Gasteiger partial charge in [0.2, 0.25) is 0 Å². The first-order valence-electron chi connectivity index (χ1n) is 3.68. The predicted octanol–water partition coefficient (Wildman–Crippen LogP) is 2.34. The van der Waals surface area contributed by atoms with Gasteiger partial charge in [0.05, 0.1) is 0 Å². The van der Waals surface area contributed by atoms with Gasteiger partial charge in [-0.1, -0.05) is 30.3 Å². The molecule has 1 aromatic carbocycles. The number of rotatable bonds is 1. The van der Waals surface area contributed by atoms with E-state index < -0.39 is 0 Å². The minimum absolute atomic E-state index is 0. The average Bonchev–Trinajstić information content (AvgIpc) is 2.69. The summed E-state index contributed by atoms with van der Waals surface area (Å²) in [5.41, 5.74) is 7.10. The second-order valence-corrected chi connectivity index (χ2v) is 2.92. The lowest BCUT2D eigenvalue weighted by Gasteiger charge is -1.94. The molecule has 12 heavy (non-hydrogen) atoms. The summed E-state index contributed by atoms with van der Waals surface area (Å²) in [4.78, 5) is 0. The van der Waals surface area contributed by atoms with Crippen molar-refractivity contribution >= 4 is 24.8 Å². The summed E-state index contributed by atoms with van der Waals surface area (Å²) in [7, 11) is 0. The molecule has 0 aromatic heterocycles. The molecule has 68 valence electrons. The number of nitrogens with two attached hydrogens (primary N) is 1. The molecule has 1 aliphatic carbocycles. The highest BCUT2D eigenvalue weighted by Crippen LogP contribution is 2.38. The summed E-state index contributed by atoms with van der Waals surface area (Å²) in [5.74, 6) is 0.654. The largest absolute Gasteiger partial charge is 0.327 e. The molecule has 2 atom stereocenters. The van der Waals surface area contributed by atoms with E-state index in [0.29, 0.717) is 12.0 Å². The average molecular weight is 206 g/mol. The highest BCUT2D eigenvalue weighted by Gasteiger charge is 2.34.